The minimum Gasteiger partial charge on any atom is -0.481 e. The molecule has 2 rings (SSSR count). The van der Waals surface area contributed by atoms with Crippen LogP contribution in [0.4, 0.5) is 10.5 Å². The molecule has 1 aliphatic rings. The van der Waals surface area contributed by atoms with Crippen LogP contribution >= 0.6 is 15.9 Å². The highest BCUT2D eigenvalue weighted by Gasteiger charge is 2.46. The van der Waals surface area contributed by atoms with Gasteiger partial charge in [0.2, 0.25) is 0 Å². The minimum absolute atomic E-state index is 0.0741. The number of anilines is 1. The molecular formula is C12H12BrNO4. The Kier molecular flexibility index (Phi) is 3.30. The highest BCUT2D eigenvalue weighted by Crippen LogP contribution is 2.34. The zero-order chi connectivity index (χ0) is 13.3. The van der Waals surface area contributed by atoms with Crippen LogP contribution in [0.15, 0.2) is 28.7 Å². The number of halogens is 1. The van der Waals surface area contributed by atoms with Crippen molar-refractivity contribution in [1.82, 2.24) is 0 Å². The summed E-state index contributed by atoms with van der Waals surface area (Å²) >= 11 is 3.32. The van der Waals surface area contributed by atoms with Crippen LogP contribution in [-0.2, 0) is 9.53 Å². The van der Waals surface area contributed by atoms with E-state index >= 15 is 0 Å². The summed E-state index contributed by atoms with van der Waals surface area (Å²) in [6.45, 7) is 1.78. The number of carbonyl (C=O) groups is 2. The molecule has 18 heavy (non-hydrogen) atoms. The van der Waals surface area contributed by atoms with Crippen molar-refractivity contribution in [3.8, 4) is 0 Å². The molecule has 1 aromatic rings. The van der Waals surface area contributed by atoms with Crippen molar-refractivity contribution >= 4 is 33.7 Å². The molecule has 0 aliphatic carbocycles. The fourth-order valence-corrected chi connectivity index (χ4v) is 2.44. The summed E-state index contributed by atoms with van der Waals surface area (Å²) in [7, 11) is 0. The summed E-state index contributed by atoms with van der Waals surface area (Å²) in [6, 6.07) is 7.12. The first-order valence-corrected chi connectivity index (χ1v) is 6.16. The SMILES string of the molecule is CC1(CC(=O)O)COC(=O)N1c1cccc(Br)c1. The number of rotatable bonds is 3. The molecule has 0 spiro atoms. The minimum atomic E-state index is -0.962. The molecule has 1 aliphatic heterocycles. The van der Waals surface area contributed by atoms with Crippen molar-refractivity contribution in [2.75, 3.05) is 11.5 Å². The molecule has 1 amide bonds. The molecular weight excluding hydrogens is 302 g/mol. The van der Waals surface area contributed by atoms with Crippen LogP contribution in [0.1, 0.15) is 13.3 Å². The molecule has 0 radical (unpaired) electrons. The number of benzene rings is 1. The van der Waals surface area contributed by atoms with Gasteiger partial charge in [-0.3, -0.25) is 9.69 Å². The Hall–Kier alpha value is -1.56. The molecule has 0 bridgehead atoms. The molecule has 1 N–H and O–H groups in total. The number of nitrogens with zero attached hydrogens (tertiary/aromatic N) is 1. The molecule has 1 aromatic carbocycles. The second-order valence-corrected chi connectivity index (χ2v) is 5.35. The fourth-order valence-electron chi connectivity index (χ4n) is 2.05. The molecule has 1 saturated heterocycles. The normalized spacial score (nSPS) is 23.0. The molecule has 6 heteroatoms. The van der Waals surface area contributed by atoms with E-state index in [1.54, 1.807) is 25.1 Å². The summed E-state index contributed by atoms with van der Waals surface area (Å²) in [4.78, 5) is 24.1. The molecule has 1 fully saturated rings. The lowest BCUT2D eigenvalue weighted by molar-refractivity contribution is -0.138. The zero-order valence-corrected chi connectivity index (χ0v) is 11.3. The highest BCUT2D eigenvalue weighted by molar-refractivity contribution is 9.10. The standard InChI is InChI=1S/C12H12BrNO4/c1-12(6-10(15)16)7-18-11(17)14(12)9-4-2-3-8(13)5-9/h2-5H,6-7H2,1H3,(H,15,16). The number of cyclic esters (lactones) is 1. The first kappa shape index (κ1) is 12.9. The van der Waals surface area contributed by atoms with Gasteiger partial charge < -0.3 is 9.84 Å². The van der Waals surface area contributed by atoms with E-state index in [1.165, 1.54) is 4.90 Å². The van der Waals surface area contributed by atoms with E-state index in [0.717, 1.165) is 4.47 Å². The van der Waals surface area contributed by atoms with E-state index in [9.17, 15) is 9.59 Å². The van der Waals surface area contributed by atoms with Crippen molar-refractivity contribution in [3.63, 3.8) is 0 Å². The Morgan fingerprint density at radius 1 is 1.61 bits per heavy atom. The number of carboxylic acid groups (broad SMARTS) is 1. The van der Waals surface area contributed by atoms with Crippen LogP contribution in [0.5, 0.6) is 0 Å². The maximum absolute atomic E-state index is 11.8. The lowest BCUT2D eigenvalue weighted by Gasteiger charge is -2.30. The van der Waals surface area contributed by atoms with Gasteiger partial charge in [0, 0.05) is 10.2 Å². The third kappa shape index (κ3) is 2.33. The van der Waals surface area contributed by atoms with Crippen LogP contribution in [0, 0.1) is 0 Å². The largest absolute Gasteiger partial charge is 0.481 e. The predicted octanol–water partition coefficient (Wildman–Crippen LogP) is 2.64. The Morgan fingerprint density at radius 2 is 2.33 bits per heavy atom. The molecule has 5 nitrogen and oxygen atoms in total. The van der Waals surface area contributed by atoms with Crippen molar-refractivity contribution in [3.05, 3.63) is 28.7 Å². The summed E-state index contributed by atoms with van der Waals surface area (Å²) < 4.78 is 5.80. The lowest BCUT2D eigenvalue weighted by Crippen LogP contribution is -2.46. The summed E-state index contributed by atoms with van der Waals surface area (Å²) in [5, 5.41) is 8.94. The van der Waals surface area contributed by atoms with Gasteiger partial charge in [-0.25, -0.2) is 4.79 Å². The molecule has 0 aromatic heterocycles. The topological polar surface area (TPSA) is 66.8 Å². The molecule has 0 saturated carbocycles. The van der Waals surface area contributed by atoms with E-state index in [0.29, 0.717) is 5.69 Å². The van der Waals surface area contributed by atoms with Crippen molar-refractivity contribution < 1.29 is 19.4 Å². The molecule has 96 valence electrons. The van der Waals surface area contributed by atoms with E-state index in [2.05, 4.69) is 15.9 Å². The zero-order valence-electron chi connectivity index (χ0n) is 9.72. The number of aliphatic carboxylic acids is 1. The van der Waals surface area contributed by atoms with Gasteiger partial charge in [0.05, 0.1) is 12.0 Å². The van der Waals surface area contributed by atoms with Crippen molar-refractivity contribution in [1.29, 1.82) is 0 Å². The number of hydrogen-bond donors (Lipinski definition) is 1. The molecule has 1 unspecified atom stereocenters. The number of carboxylic acids is 1. The van der Waals surface area contributed by atoms with E-state index < -0.39 is 17.6 Å². The summed E-state index contributed by atoms with van der Waals surface area (Å²) in [6.07, 6.45) is -0.678. The van der Waals surface area contributed by atoms with Crippen molar-refractivity contribution in [2.45, 2.75) is 18.9 Å². The predicted molar refractivity (Wildman–Crippen MR) is 68.6 cm³/mol. The van der Waals surface area contributed by atoms with Crippen LogP contribution in [-0.4, -0.2) is 29.3 Å². The average Bonchev–Trinajstić information content (AvgIpc) is 2.53. The number of carbonyl (C=O) groups excluding carboxylic acids is 1. The van der Waals surface area contributed by atoms with Gasteiger partial charge in [0.25, 0.3) is 0 Å². The van der Waals surface area contributed by atoms with E-state index in [4.69, 9.17) is 9.84 Å². The van der Waals surface area contributed by atoms with Gasteiger partial charge >= 0.3 is 12.1 Å². The fraction of sp³-hybridized carbons (Fsp3) is 0.333. The molecule has 1 atom stereocenters. The smallest absolute Gasteiger partial charge is 0.415 e. The Labute approximate surface area is 112 Å². The number of hydrogen-bond acceptors (Lipinski definition) is 3. The number of ether oxygens (including phenoxy) is 1. The maximum atomic E-state index is 11.8. The highest BCUT2D eigenvalue weighted by atomic mass is 79.9. The van der Waals surface area contributed by atoms with Gasteiger partial charge in [0.15, 0.2) is 0 Å². The van der Waals surface area contributed by atoms with E-state index in [-0.39, 0.29) is 13.0 Å². The third-order valence-corrected chi connectivity index (χ3v) is 3.32. The van der Waals surface area contributed by atoms with Gasteiger partial charge in [0.1, 0.15) is 6.61 Å². The van der Waals surface area contributed by atoms with Crippen LogP contribution in [0.2, 0.25) is 0 Å². The first-order valence-electron chi connectivity index (χ1n) is 5.37. The van der Waals surface area contributed by atoms with Crippen LogP contribution in [0.25, 0.3) is 0 Å². The average molecular weight is 314 g/mol. The van der Waals surface area contributed by atoms with E-state index in [1.807, 2.05) is 6.07 Å². The van der Waals surface area contributed by atoms with Crippen LogP contribution in [0.3, 0.4) is 0 Å². The molecule has 1 heterocycles. The third-order valence-electron chi connectivity index (χ3n) is 2.83. The Bertz CT molecular complexity index is 505. The summed E-state index contributed by atoms with van der Waals surface area (Å²) in [5.41, 5.74) is -0.236. The number of amides is 1. The monoisotopic (exact) mass is 313 g/mol. The quantitative estimate of drug-likeness (QED) is 0.931. The maximum Gasteiger partial charge on any atom is 0.415 e. The van der Waals surface area contributed by atoms with Crippen molar-refractivity contribution in [2.24, 2.45) is 0 Å². The first-order chi connectivity index (χ1) is 8.42. The summed E-state index contributed by atoms with van der Waals surface area (Å²) in [5.74, 6) is -0.962. The van der Waals surface area contributed by atoms with Gasteiger partial charge in [-0.2, -0.15) is 0 Å². The van der Waals surface area contributed by atoms with Crippen LogP contribution < -0.4 is 4.90 Å². The second-order valence-electron chi connectivity index (χ2n) is 4.44. The lowest BCUT2D eigenvalue weighted by atomic mass is 9.97. The second kappa shape index (κ2) is 4.61. The van der Waals surface area contributed by atoms with Gasteiger partial charge in [-0.1, -0.05) is 22.0 Å². The van der Waals surface area contributed by atoms with Gasteiger partial charge in [-0.05, 0) is 25.1 Å². The Balaban J connectivity index is 2.39. The van der Waals surface area contributed by atoms with Gasteiger partial charge in [-0.15, -0.1) is 0 Å². The Morgan fingerprint density at radius 3 is 2.94 bits per heavy atom.